The van der Waals surface area contributed by atoms with Gasteiger partial charge < -0.3 is 38.6 Å². The van der Waals surface area contributed by atoms with Gasteiger partial charge in [0.05, 0.1) is 18.6 Å². The van der Waals surface area contributed by atoms with Gasteiger partial charge in [0, 0.05) is 4.83 Å². The van der Waals surface area contributed by atoms with Crippen LogP contribution in [0.3, 0.4) is 0 Å². The monoisotopic (exact) mass is 860 g/mol. The zero-order valence-corrected chi connectivity index (χ0v) is 34.4. The summed E-state index contributed by atoms with van der Waals surface area (Å²) in [6.45, 7) is 16.1. The molecule has 0 amide bonds. The van der Waals surface area contributed by atoms with E-state index in [1.807, 2.05) is 80.6 Å². The van der Waals surface area contributed by atoms with Gasteiger partial charge in [-0.2, -0.15) is 0 Å². The molecule has 2 aromatic carbocycles. The largest absolute Gasteiger partial charge is 0.508 e. The van der Waals surface area contributed by atoms with Crippen molar-refractivity contribution in [1.82, 2.24) is 0 Å². The maximum absolute atomic E-state index is 12.5. The zero-order valence-electron chi connectivity index (χ0n) is 31.2. The number of aliphatic hydroxyl groups is 2. The van der Waals surface area contributed by atoms with Crippen LogP contribution in [0.5, 0.6) is 0 Å². The second-order valence-electron chi connectivity index (χ2n) is 12.8. The molecule has 0 saturated heterocycles. The van der Waals surface area contributed by atoms with Gasteiger partial charge in [0.2, 0.25) is 0 Å². The van der Waals surface area contributed by atoms with E-state index in [9.17, 15) is 19.2 Å². The lowest BCUT2D eigenvalue weighted by molar-refractivity contribution is -0.161. The molecule has 12 nitrogen and oxygen atoms in total. The Morgan fingerprint density at radius 1 is 0.692 bits per heavy atom. The second-order valence-corrected chi connectivity index (χ2v) is 15.9. The fourth-order valence-corrected chi connectivity index (χ4v) is 4.68. The van der Waals surface area contributed by atoms with Crippen LogP contribution in [0, 0.1) is 5.41 Å². The van der Waals surface area contributed by atoms with E-state index in [1.165, 1.54) is 19.4 Å². The van der Waals surface area contributed by atoms with Crippen molar-refractivity contribution < 1.29 is 57.8 Å². The van der Waals surface area contributed by atoms with Gasteiger partial charge in [-0.25, -0.2) is 9.59 Å². The molecule has 0 radical (unpaired) electrons. The van der Waals surface area contributed by atoms with Gasteiger partial charge in [0.25, 0.3) is 0 Å². The number of hydrogen-bond donors (Lipinski definition) is 2. The number of benzene rings is 2. The SMILES string of the molecule is C=Cc1ccccc1.CC(CO)OC(=O)OCC(C)OC(=O)C(C)(C)Br.CC(CO)OC(=O)OCC(C)OC(=O)C(C)(C)CC(Br)c1ccccc1. The Kier molecular flexibility index (Phi) is 23.8. The molecule has 0 aliphatic heterocycles. The van der Waals surface area contributed by atoms with Crippen LogP contribution in [0.1, 0.15) is 77.8 Å². The van der Waals surface area contributed by atoms with E-state index in [0.717, 1.165) is 5.56 Å². The number of alkyl halides is 2. The molecule has 0 aliphatic rings. The van der Waals surface area contributed by atoms with Crippen LogP contribution in [0.25, 0.3) is 6.08 Å². The summed E-state index contributed by atoms with van der Waals surface area (Å²) in [7, 11) is 0. The highest BCUT2D eigenvalue weighted by Gasteiger charge is 2.33. The van der Waals surface area contributed by atoms with Crippen LogP contribution in [0.4, 0.5) is 9.59 Å². The van der Waals surface area contributed by atoms with Gasteiger partial charge in [-0.1, -0.05) is 105 Å². The third-order valence-corrected chi connectivity index (χ3v) is 7.70. The molecule has 5 unspecified atom stereocenters. The first-order valence-electron chi connectivity index (χ1n) is 16.6. The summed E-state index contributed by atoms with van der Waals surface area (Å²) >= 11 is 6.78. The minimum absolute atomic E-state index is 0.0211. The first kappa shape index (κ1) is 48.5. The van der Waals surface area contributed by atoms with Gasteiger partial charge in [0.15, 0.2) is 0 Å². The van der Waals surface area contributed by atoms with Gasteiger partial charge >= 0.3 is 24.2 Å². The lowest BCUT2D eigenvalue weighted by atomic mass is 9.86. The van der Waals surface area contributed by atoms with Crippen molar-refractivity contribution in [3.8, 4) is 0 Å². The van der Waals surface area contributed by atoms with Gasteiger partial charge in [-0.3, -0.25) is 9.59 Å². The van der Waals surface area contributed by atoms with E-state index < -0.39 is 52.4 Å². The molecule has 0 spiro atoms. The zero-order chi connectivity index (χ0) is 39.9. The molecular formula is C38H54Br2O12. The fraction of sp³-hybridized carbons (Fsp3) is 0.526. The van der Waals surface area contributed by atoms with Crippen molar-refractivity contribution >= 4 is 62.2 Å². The van der Waals surface area contributed by atoms with Crippen LogP contribution in [-0.4, -0.2) is 89.6 Å². The molecule has 0 fully saturated rings. The molecule has 0 bridgehead atoms. The van der Waals surface area contributed by atoms with E-state index in [2.05, 4.69) is 43.2 Å². The number of rotatable bonds is 16. The third-order valence-electron chi connectivity index (χ3n) is 6.52. The maximum Gasteiger partial charge on any atom is 0.508 e. The Morgan fingerprint density at radius 2 is 1.10 bits per heavy atom. The number of carbonyl (C=O) groups excluding carboxylic acids is 4. The summed E-state index contributed by atoms with van der Waals surface area (Å²) in [4.78, 5) is 46.4. The average Bonchev–Trinajstić information content (AvgIpc) is 3.10. The first-order valence-corrected chi connectivity index (χ1v) is 18.3. The predicted octanol–water partition coefficient (Wildman–Crippen LogP) is 7.96. The maximum atomic E-state index is 12.5. The first-order chi connectivity index (χ1) is 24.2. The molecule has 52 heavy (non-hydrogen) atoms. The summed E-state index contributed by atoms with van der Waals surface area (Å²) in [6.07, 6.45) is -1.88. The van der Waals surface area contributed by atoms with Gasteiger partial charge in [-0.15, -0.1) is 0 Å². The van der Waals surface area contributed by atoms with E-state index in [4.69, 9.17) is 33.9 Å². The number of aliphatic hydroxyl groups excluding tert-OH is 2. The Morgan fingerprint density at radius 3 is 1.46 bits per heavy atom. The highest BCUT2D eigenvalue weighted by atomic mass is 79.9. The summed E-state index contributed by atoms with van der Waals surface area (Å²) in [5.74, 6) is -0.818. The number of ether oxygens (including phenoxy) is 6. The lowest BCUT2D eigenvalue weighted by Crippen LogP contribution is -2.33. The normalized spacial score (nSPS) is 13.8. The third kappa shape index (κ3) is 22.5. The van der Waals surface area contributed by atoms with Crippen molar-refractivity contribution in [3.05, 3.63) is 78.4 Å². The van der Waals surface area contributed by atoms with Crippen molar-refractivity contribution in [3.63, 3.8) is 0 Å². The van der Waals surface area contributed by atoms with Gasteiger partial charge in [-0.05, 0) is 72.9 Å². The molecule has 0 aromatic heterocycles. The topological polar surface area (TPSA) is 164 Å². The molecule has 14 heteroatoms. The van der Waals surface area contributed by atoms with Crippen LogP contribution >= 0.6 is 31.9 Å². The Bertz CT molecular complexity index is 1330. The molecule has 2 N–H and O–H groups in total. The standard InChI is InChI=1S/C19H27BrO6.C11H19BrO6.C8H8/c1-13(11-21)26-18(23)24-12-14(2)25-17(22)19(3,4)10-16(20)15-8-6-5-7-9-15;1-7(5-13)18-10(15)16-6-8(2)17-9(14)11(3,4)12;1-2-8-6-4-3-5-7-8/h5-9,13-14,16,21H,10-12H2,1-4H3;7-8,13H,5-6H2,1-4H3;2-7H,1H2. The number of esters is 2. The molecule has 0 saturated carbocycles. The average molecular weight is 863 g/mol. The Hall–Kier alpha value is -3.46. The smallest absolute Gasteiger partial charge is 0.459 e. The quantitative estimate of drug-likeness (QED) is 0.0953. The number of hydrogen-bond acceptors (Lipinski definition) is 12. The molecule has 0 heterocycles. The molecular weight excluding hydrogens is 808 g/mol. The lowest BCUT2D eigenvalue weighted by Gasteiger charge is -2.27. The summed E-state index contributed by atoms with van der Waals surface area (Å²) in [5, 5.41) is 17.5. The number of halogens is 2. The Labute approximate surface area is 324 Å². The summed E-state index contributed by atoms with van der Waals surface area (Å²) in [5.41, 5.74) is 1.54. The molecule has 2 rings (SSSR count). The molecule has 292 valence electrons. The van der Waals surface area contributed by atoms with Crippen molar-refractivity contribution in [2.24, 2.45) is 5.41 Å². The van der Waals surface area contributed by atoms with Crippen LogP contribution in [0.15, 0.2) is 67.2 Å². The van der Waals surface area contributed by atoms with E-state index in [0.29, 0.717) is 6.42 Å². The van der Waals surface area contributed by atoms with Crippen molar-refractivity contribution in [1.29, 1.82) is 0 Å². The predicted molar refractivity (Wildman–Crippen MR) is 205 cm³/mol. The highest BCUT2D eigenvalue weighted by Crippen LogP contribution is 2.37. The molecule has 5 atom stereocenters. The van der Waals surface area contributed by atoms with Crippen LogP contribution in [-0.2, 0) is 38.0 Å². The number of carbonyl (C=O) groups is 4. The van der Waals surface area contributed by atoms with Crippen LogP contribution < -0.4 is 0 Å². The minimum Gasteiger partial charge on any atom is -0.459 e. The Balaban J connectivity index is 0.000000858. The minimum atomic E-state index is -0.905. The fourth-order valence-electron chi connectivity index (χ4n) is 3.48. The van der Waals surface area contributed by atoms with E-state index in [-0.39, 0.29) is 37.2 Å². The highest BCUT2D eigenvalue weighted by molar-refractivity contribution is 9.10. The van der Waals surface area contributed by atoms with Crippen molar-refractivity contribution in [2.45, 2.75) is 95.4 Å². The van der Waals surface area contributed by atoms with E-state index in [1.54, 1.807) is 27.7 Å². The van der Waals surface area contributed by atoms with Crippen molar-refractivity contribution in [2.75, 3.05) is 26.4 Å². The van der Waals surface area contributed by atoms with Crippen LogP contribution in [0.2, 0.25) is 0 Å². The second kappa shape index (κ2) is 25.5. The van der Waals surface area contributed by atoms with E-state index >= 15 is 0 Å². The van der Waals surface area contributed by atoms with Gasteiger partial charge in [0.1, 0.15) is 42.0 Å². The summed E-state index contributed by atoms with van der Waals surface area (Å²) in [6, 6.07) is 19.9. The summed E-state index contributed by atoms with van der Waals surface area (Å²) < 4.78 is 28.7. The molecule has 2 aromatic rings. The molecule has 0 aliphatic carbocycles.